The predicted molar refractivity (Wildman–Crippen MR) is 343 cm³/mol. The molecule has 0 spiro atoms. The van der Waals surface area contributed by atoms with Crippen molar-refractivity contribution in [1.82, 2.24) is 0 Å². The van der Waals surface area contributed by atoms with Crippen LogP contribution in [0.5, 0.6) is 0 Å². The molecule has 81 heavy (non-hydrogen) atoms. The lowest BCUT2D eigenvalue weighted by molar-refractivity contribution is -0.870. The molecule has 9 nitrogen and oxygen atoms in total. The summed E-state index contributed by atoms with van der Waals surface area (Å²) in [5, 5.41) is 11.8. The Labute approximate surface area is 501 Å². The minimum atomic E-state index is -1.62. The van der Waals surface area contributed by atoms with Crippen LogP contribution >= 0.6 is 0 Å². The third-order valence-electron chi connectivity index (χ3n) is 15.3. The monoisotopic (exact) mass is 1140 g/mol. The van der Waals surface area contributed by atoms with E-state index in [1.165, 1.54) is 225 Å². The summed E-state index contributed by atoms with van der Waals surface area (Å²) in [7, 11) is 5.94. The van der Waals surface area contributed by atoms with Crippen molar-refractivity contribution in [2.24, 2.45) is 0 Å². The maximum Gasteiger partial charge on any atom is 0.306 e. The number of rotatable bonds is 64. The fraction of sp³-hybridized carbons (Fsp3) is 0.819. The highest BCUT2D eigenvalue weighted by molar-refractivity contribution is 5.70. The zero-order valence-corrected chi connectivity index (χ0v) is 53.9. The molecule has 0 radical (unpaired) electrons. The van der Waals surface area contributed by atoms with Gasteiger partial charge in [-0.05, 0) is 57.8 Å². The van der Waals surface area contributed by atoms with Crippen LogP contribution in [0, 0.1) is 0 Å². The molecule has 0 aliphatic rings. The second-order valence-electron chi connectivity index (χ2n) is 24.4. The Balaban J connectivity index is 3.92. The largest absolute Gasteiger partial charge is 0.545 e. The van der Waals surface area contributed by atoms with E-state index in [1.54, 1.807) is 0 Å². The average Bonchev–Trinajstić information content (AvgIpc) is 3.44. The van der Waals surface area contributed by atoms with Crippen molar-refractivity contribution in [1.29, 1.82) is 0 Å². The maximum absolute atomic E-state index is 12.9. The molecule has 0 saturated heterocycles. The molecule has 0 bridgehead atoms. The number of ether oxygens (including phenoxy) is 4. The van der Waals surface area contributed by atoms with Crippen LogP contribution in [0.15, 0.2) is 60.8 Å². The standard InChI is InChI=1S/C72H131NO8/c1-6-8-10-12-14-16-18-20-22-23-24-25-26-27-28-29-30-31-32-33-34-35-36-37-38-39-40-41-42-43-44-45-46-47-49-51-53-55-57-59-61-63-70(75)81-68(67-80-72(71(76)77)78-65-64-73(3,4)5)66-79-69(74)62-60-58-56-54-52-50-48-21-19-17-15-13-11-9-7-2/h8,10,14,16,20,22,24-25,27-28,68,72H,6-7,9,11-13,15,17-19,21,23,26,29-67H2,1-5H3/b10-8-,16-14-,22-20-,25-24-,28-27-. The molecule has 0 fully saturated rings. The Morgan fingerprint density at radius 1 is 0.383 bits per heavy atom. The first kappa shape index (κ1) is 78.0. The first-order chi connectivity index (χ1) is 39.6. The molecule has 0 aliphatic heterocycles. The number of quaternary nitrogens is 1. The Morgan fingerprint density at radius 2 is 0.704 bits per heavy atom. The molecule has 0 aromatic carbocycles. The van der Waals surface area contributed by atoms with Gasteiger partial charge >= 0.3 is 11.9 Å². The fourth-order valence-electron chi connectivity index (χ4n) is 10.0. The number of nitrogens with zero attached hydrogens (tertiary/aromatic N) is 1. The number of carbonyl (C=O) groups excluding carboxylic acids is 3. The summed E-state index contributed by atoms with van der Waals surface area (Å²) in [6.45, 7) is 4.68. The molecule has 2 atom stereocenters. The van der Waals surface area contributed by atoms with Gasteiger partial charge in [0.1, 0.15) is 13.2 Å². The van der Waals surface area contributed by atoms with Crippen molar-refractivity contribution in [2.45, 2.75) is 334 Å². The molecule has 2 unspecified atom stereocenters. The first-order valence-electron chi connectivity index (χ1n) is 34.4. The van der Waals surface area contributed by atoms with Gasteiger partial charge in [0.25, 0.3) is 0 Å². The molecule has 0 aliphatic carbocycles. The van der Waals surface area contributed by atoms with Crippen molar-refractivity contribution in [3.8, 4) is 0 Å². The van der Waals surface area contributed by atoms with Crippen LogP contribution in [-0.2, 0) is 33.3 Å². The zero-order chi connectivity index (χ0) is 59.1. The van der Waals surface area contributed by atoms with E-state index in [0.717, 1.165) is 70.6 Å². The van der Waals surface area contributed by atoms with Gasteiger partial charge in [-0.15, -0.1) is 0 Å². The second-order valence-corrected chi connectivity index (χ2v) is 24.4. The Morgan fingerprint density at radius 3 is 1.05 bits per heavy atom. The quantitative estimate of drug-likeness (QED) is 0.0195. The predicted octanol–water partition coefficient (Wildman–Crippen LogP) is 19.8. The Kier molecular flexibility index (Phi) is 60.7. The van der Waals surface area contributed by atoms with Gasteiger partial charge in [-0.3, -0.25) is 9.59 Å². The van der Waals surface area contributed by atoms with E-state index in [-0.39, 0.29) is 32.2 Å². The summed E-state index contributed by atoms with van der Waals surface area (Å²) in [6, 6.07) is 0. The van der Waals surface area contributed by atoms with Crippen molar-refractivity contribution in [2.75, 3.05) is 47.5 Å². The van der Waals surface area contributed by atoms with E-state index in [1.807, 2.05) is 21.1 Å². The van der Waals surface area contributed by atoms with Crippen LogP contribution in [0.2, 0.25) is 0 Å². The summed E-state index contributed by atoms with van der Waals surface area (Å²) in [6.07, 6.45) is 78.9. The average molecular weight is 1140 g/mol. The summed E-state index contributed by atoms with van der Waals surface area (Å²) >= 11 is 0. The number of unbranched alkanes of at least 4 members (excludes halogenated alkanes) is 39. The summed E-state index contributed by atoms with van der Waals surface area (Å²) in [5.74, 6) is -2.26. The van der Waals surface area contributed by atoms with Crippen LogP contribution < -0.4 is 5.11 Å². The first-order valence-corrected chi connectivity index (χ1v) is 34.4. The number of allylic oxidation sites excluding steroid dienone is 10. The number of carbonyl (C=O) groups is 3. The van der Waals surface area contributed by atoms with Crippen LogP contribution in [0.4, 0.5) is 0 Å². The van der Waals surface area contributed by atoms with E-state index in [9.17, 15) is 19.5 Å². The lowest BCUT2D eigenvalue weighted by Gasteiger charge is -2.26. The van der Waals surface area contributed by atoms with Gasteiger partial charge in [0.15, 0.2) is 12.4 Å². The molecule has 0 aromatic rings. The van der Waals surface area contributed by atoms with Crippen molar-refractivity contribution >= 4 is 17.9 Å². The molecule has 472 valence electrons. The van der Waals surface area contributed by atoms with Gasteiger partial charge in [0.05, 0.1) is 40.3 Å². The molecule has 0 saturated carbocycles. The summed E-state index contributed by atoms with van der Waals surface area (Å²) < 4.78 is 22.8. The fourth-order valence-corrected chi connectivity index (χ4v) is 10.0. The van der Waals surface area contributed by atoms with Gasteiger partial charge in [0, 0.05) is 12.8 Å². The number of carboxylic acid groups (broad SMARTS) is 1. The number of carboxylic acids is 1. The SMILES string of the molecule is CC/C=C\C/C=C\C/C=C\C/C=C\C/C=C\CCCCCCCCCCCCCCCCCCCCCCCCCCCC(=O)OC(COC(=O)CCCCCCCCCCCCCCCCC)COC(OCC[N+](C)(C)C)C(=O)[O-]. The number of likely N-dealkylation sites (N-methyl/N-ethyl adjacent to an activating group) is 1. The van der Waals surface area contributed by atoms with E-state index in [4.69, 9.17) is 18.9 Å². The summed E-state index contributed by atoms with van der Waals surface area (Å²) in [5.41, 5.74) is 0. The third kappa shape index (κ3) is 64.4. The number of hydrogen-bond acceptors (Lipinski definition) is 8. The van der Waals surface area contributed by atoms with Gasteiger partial charge in [-0.2, -0.15) is 0 Å². The van der Waals surface area contributed by atoms with E-state index >= 15 is 0 Å². The highest BCUT2D eigenvalue weighted by atomic mass is 16.7. The van der Waals surface area contributed by atoms with Crippen molar-refractivity contribution in [3.63, 3.8) is 0 Å². The van der Waals surface area contributed by atoms with Gasteiger partial charge in [-0.1, -0.05) is 312 Å². The molecule has 0 rings (SSSR count). The number of hydrogen-bond donors (Lipinski definition) is 0. The lowest BCUT2D eigenvalue weighted by atomic mass is 10.0. The van der Waals surface area contributed by atoms with Crippen molar-refractivity contribution in [3.05, 3.63) is 60.8 Å². The molecular weight excluding hydrogens is 1010 g/mol. The maximum atomic E-state index is 12.9. The molecule has 0 aromatic heterocycles. The van der Waals surface area contributed by atoms with Gasteiger partial charge in [-0.25, -0.2) is 0 Å². The second kappa shape index (κ2) is 63.0. The Bertz CT molecular complexity index is 1510. The molecular formula is C72H131NO8. The van der Waals surface area contributed by atoms with E-state index in [2.05, 4.69) is 74.6 Å². The lowest BCUT2D eigenvalue weighted by Crippen LogP contribution is -2.44. The van der Waals surface area contributed by atoms with E-state index in [0.29, 0.717) is 17.4 Å². The van der Waals surface area contributed by atoms with Crippen LogP contribution in [-0.4, -0.2) is 82.3 Å². The van der Waals surface area contributed by atoms with Gasteiger partial charge < -0.3 is 33.3 Å². The highest BCUT2D eigenvalue weighted by Crippen LogP contribution is 2.18. The van der Waals surface area contributed by atoms with Gasteiger partial charge in [0.2, 0.25) is 0 Å². The van der Waals surface area contributed by atoms with Crippen LogP contribution in [0.1, 0.15) is 322 Å². The smallest absolute Gasteiger partial charge is 0.306 e. The zero-order valence-electron chi connectivity index (χ0n) is 53.9. The Hall–Kier alpha value is -3.01. The molecule has 0 heterocycles. The van der Waals surface area contributed by atoms with Crippen molar-refractivity contribution < 1.29 is 42.9 Å². The van der Waals surface area contributed by atoms with Crippen LogP contribution in [0.25, 0.3) is 0 Å². The normalized spacial score (nSPS) is 13.0. The highest BCUT2D eigenvalue weighted by Gasteiger charge is 2.22. The number of aliphatic carboxylic acids is 1. The summed E-state index contributed by atoms with van der Waals surface area (Å²) in [4.78, 5) is 37.3. The third-order valence-corrected chi connectivity index (χ3v) is 15.3. The number of esters is 2. The minimum Gasteiger partial charge on any atom is -0.545 e. The van der Waals surface area contributed by atoms with Crippen LogP contribution in [0.3, 0.4) is 0 Å². The molecule has 0 N–H and O–H groups in total. The molecule has 9 heteroatoms. The minimum absolute atomic E-state index is 0.151. The topological polar surface area (TPSA) is 111 Å². The van der Waals surface area contributed by atoms with E-state index < -0.39 is 24.3 Å². The molecule has 0 amide bonds.